The number of carbonyl (C=O) groups is 2. The van der Waals surface area contributed by atoms with E-state index in [1.54, 1.807) is 6.20 Å². The highest BCUT2D eigenvalue weighted by Crippen LogP contribution is 2.30. The molecule has 2 N–H and O–H groups in total. The summed E-state index contributed by atoms with van der Waals surface area (Å²) in [7, 11) is 0. The normalized spacial score (nSPS) is 19.2. The molecule has 2 aromatic rings. The van der Waals surface area contributed by atoms with Crippen LogP contribution in [0.2, 0.25) is 0 Å². The smallest absolute Gasteiger partial charge is 0.225 e. The molecule has 2 amide bonds. The maximum atomic E-state index is 12.9. The van der Waals surface area contributed by atoms with Crippen molar-refractivity contribution in [2.75, 3.05) is 31.1 Å². The van der Waals surface area contributed by atoms with Crippen molar-refractivity contribution in [3.8, 4) is 0 Å². The molecule has 0 spiro atoms. The van der Waals surface area contributed by atoms with Crippen molar-refractivity contribution in [2.24, 2.45) is 17.6 Å². The molecule has 2 aliphatic rings. The summed E-state index contributed by atoms with van der Waals surface area (Å²) in [5.41, 5.74) is 8.22. The van der Waals surface area contributed by atoms with Crippen LogP contribution in [-0.4, -0.2) is 52.9 Å². The fraction of sp³-hybridized carbons (Fsp3) is 0.500. The number of carbonyl (C=O) groups excluding carboxylic acids is 2. The van der Waals surface area contributed by atoms with Crippen molar-refractivity contribution < 1.29 is 9.59 Å². The molecular formula is C20H24BrN5O2. The lowest BCUT2D eigenvalue weighted by Gasteiger charge is -2.37. The minimum atomic E-state index is -0.245. The molecule has 0 bridgehead atoms. The number of hydrogen-bond acceptors (Lipinski definition) is 5. The van der Waals surface area contributed by atoms with E-state index in [9.17, 15) is 9.59 Å². The summed E-state index contributed by atoms with van der Waals surface area (Å²) in [5.74, 6) is -0.0511. The lowest BCUT2D eigenvalue weighted by atomic mass is 9.91. The molecule has 0 saturated carbocycles. The molecule has 0 unspecified atom stereocenters. The Labute approximate surface area is 172 Å². The fourth-order valence-electron chi connectivity index (χ4n) is 4.26. The van der Waals surface area contributed by atoms with Gasteiger partial charge in [0.15, 0.2) is 0 Å². The monoisotopic (exact) mass is 445 g/mol. The highest BCUT2D eigenvalue weighted by Gasteiger charge is 2.32. The first-order valence-electron chi connectivity index (χ1n) is 9.76. The molecule has 4 rings (SSSR count). The summed E-state index contributed by atoms with van der Waals surface area (Å²) in [6.45, 7) is 2.93. The molecule has 28 heavy (non-hydrogen) atoms. The summed E-state index contributed by atoms with van der Waals surface area (Å²) in [4.78, 5) is 37.4. The average molecular weight is 446 g/mol. The number of primary amides is 1. The van der Waals surface area contributed by atoms with Crippen LogP contribution in [0, 0.1) is 11.8 Å². The van der Waals surface area contributed by atoms with E-state index < -0.39 is 0 Å². The SMILES string of the molecule is NC(=O)C1CCN(C(=O)C2CCN(c3ccnc4cc(Br)cnc34)CC2)CC1. The second-order valence-corrected chi connectivity index (χ2v) is 8.53. The molecule has 0 radical (unpaired) electrons. The van der Waals surface area contributed by atoms with Gasteiger partial charge in [0.1, 0.15) is 5.52 Å². The maximum Gasteiger partial charge on any atom is 0.225 e. The van der Waals surface area contributed by atoms with Crippen molar-refractivity contribution in [1.82, 2.24) is 14.9 Å². The molecule has 148 valence electrons. The van der Waals surface area contributed by atoms with Crippen LogP contribution in [0.1, 0.15) is 25.7 Å². The standard InChI is InChI=1S/C20H24BrN5O2/c21-15-11-16-18(24-12-15)17(1-6-23-16)25-7-4-14(5-8-25)20(28)26-9-2-13(3-10-26)19(22)27/h1,6,11-14H,2-5,7-10H2,(H2,22,27). The van der Waals surface area contributed by atoms with Gasteiger partial charge in [0.05, 0.1) is 11.2 Å². The Hall–Kier alpha value is -2.22. The molecule has 2 aliphatic heterocycles. The minimum Gasteiger partial charge on any atom is -0.370 e. The van der Waals surface area contributed by atoms with Crippen LogP contribution in [0.5, 0.6) is 0 Å². The van der Waals surface area contributed by atoms with E-state index in [0.717, 1.165) is 47.1 Å². The maximum absolute atomic E-state index is 12.9. The van der Waals surface area contributed by atoms with Gasteiger partial charge in [-0.2, -0.15) is 0 Å². The van der Waals surface area contributed by atoms with Crippen LogP contribution in [0.25, 0.3) is 11.0 Å². The number of nitrogens with zero attached hydrogens (tertiary/aromatic N) is 4. The van der Waals surface area contributed by atoms with Crippen LogP contribution in [-0.2, 0) is 9.59 Å². The van der Waals surface area contributed by atoms with Gasteiger partial charge in [-0.25, -0.2) is 0 Å². The summed E-state index contributed by atoms with van der Waals surface area (Å²) in [6, 6.07) is 3.97. The zero-order valence-corrected chi connectivity index (χ0v) is 17.3. The predicted octanol–water partition coefficient (Wildman–Crippen LogP) is 2.33. The van der Waals surface area contributed by atoms with Gasteiger partial charge in [-0.05, 0) is 53.7 Å². The van der Waals surface area contributed by atoms with Crippen molar-refractivity contribution >= 4 is 44.5 Å². The number of hydrogen-bond donors (Lipinski definition) is 1. The highest BCUT2D eigenvalue weighted by atomic mass is 79.9. The Morgan fingerprint density at radius 1 is 1.04 bits per heavy atom. The van der Waals surface area contributed by atoms with Gasteiger partial charge in [0.25, 0.3) is 0 Å². The van der Waals surface area contributed by atoms with Crippen molar-refractivity contribution in [2.45, 2.75) is 25.7 Å². The number of aromatic nitrogens is 2. The predicted molar refractivity (Wildman–Crippen MR) is 111 cm³/mol. The van der Waals surface area contributed by atoms with E-state index in [1.165, 1.54) is 0 Å². The topological polar surface area (TPSA) is 92.4 Å². The molecule has 7 nitrogen and oxygen atoms in total. The van der Waals surface area contributed by atoms with E-state index in [1.807, 2.05) is 23.2 Å². The first-order chi connectivity index (χ1) is 13.5. The van der Waals surface area contributed by atoms with Gasteiger partial charge in [-0.15, -0.1) is 0 Å². The molecule has 0 aliphatic carbocycles. The number of pyridine rings is 2. The van der Waals surface area contributed by atoms with Gasteiger partial charge in [-0.1, -0.05) is 0 Å². The van der Waals surface area contributed by atoms with Gasteiger partial charge < -0.3 is 15.5 Å². The summed E-state index contributed by atoms with van der Waals surface area (Å²) >= 11 is 3.44. The number of piperidine rings is 2. The lowest BCUT2D eigenvalue weighted by molar-refractivity contribution is -0.139. The molecule has 2 aromatic heterocycles. The number of amides is 2. The van der Waals surface area contributed by atoms with Crippen LogP contribution in [0.3, 0.4) is 0 Å². The Bertz CT molecular complexity index is 889. The summed E-state index contributed by atoms with van der Waals surface area (Å²) in [6.07, 6.45) is 6.63. The number of nitrogens with two attached hydrogens (primary N) is 1. The third kappa shape index (κ3) is 3.83. The number of rotatable bonds is 3. The molecule has 2 saturated heterocycles. The van der Waals surface area contributed by atoms with Gasteiger partial charge in [0, 0.05) is 54.9 Å². The lowest BCUT2D eigenvalue weighted by Crippen LogP contribution is -2.46. The second-order valence-electron chi connectivity index (χ2n) is 7.61. The zero-order valence-electron chi connectivity index (χ0n) is 15.7. The van der Waals surface area contributed by atoms with E-state index in [-0.39, 0.29) is 23.7 Å². The third-order valence-corrected chi connectivity index (χ3v) is 6.35. The van der Waals surface area contributed by atoms with E-state index >= 15 is 0 Å². The summed E-state index contributed by atoms with van der Waals surface area (Å²) in [5, 5.41) is 0. The second kappa shape index (κ2) is 8.03. The average Bonchev–Trinajstić information content (AvgIpc) is 2.73. The largest absolute Gasteiger partial charge is 0.370 e. The number of fused-ring (bicyclic) bond motifs is 1. The minimum absolute atomic E-state index is 0.0524. The molecule has 2 fully saturated rings. The Kier molecular flexibility index (Phi) is 5.48. The molecular weight excluding hydrogens is 422 g/mol. The van der Waals surface area contributed by atoms with Crippen LogP contribution in [0.4, 0.5) is 5.69 Å². The molecule has 0 atom stereocenters. The molecule has 4 heterocycles. The Morgan fingerprint density at radius 3 is 2.39 bits per heavy atom. The van der Waals surface area contributed by atoms with Crippen molar-refractivity contribution in [3.05, 3.63) is 29.0 Å². The molecule has 0 aromatic carbocycles. The first-order valence-corrected chi connectivity index (χ1v) is 10.6. The Morgan fingerprint density at radius 2 is 1.71 bits per heavy atom. The summed E-state index contributed by atoms with van der Waals surface area (Å²) < 4.78 is 0.911. The number of anilines is 1. The first kappa shape index (κ1) is 19.1. The molecule has 8 heteroatoms. The number of halogens is 1. The Balaban J connectivity index is 1.39. The van der Waals surface area contributed by atoms with E-state index in [4.69, 9.17) is 5.73 Å². The highest BCUT2D eigenvalue weighted by molar-refractivity contribution is 9.10. The van der Waals surface area contributed by atoms with E-state index in [0.29, 0.717) is 25.9 Å². The third-order valence-electron chi connectivity index (χ3n) is 5.92. The quantitative estimate of drug-likeness (QED) is 0.782. The number of likely N-dealkylation sites (tertiary alicyclic amines) is 1. The van der Waals surface area contributed by atoms with Gasteiger partial charge in [0.2, 0.25) is 11.8 Å². The van der Waals surface area contributed by atoms with Crippen LogP contribution < -0.4 is 10.6 Å². The fourth-order valence-corrected chi connectivity index (χ4v) is 4.58. The van der Waals surface area contributed by atoms with Crippen molar-refractivity contribution in [1.29, 1.82) is 0 Å². The van der Waals surface area contributed by atoms with Crippen LogP contribution >= 0.6 is 15.9 Å². The van der Waals surface area contributed by atoms with E-state index in [2.05, 4.69) is 30.8 Å². The van der Waals surface area contributed by atoms with Gasteiger partial charge >= 0.3 is 0 Å². The van der Waals surface area contributed by atoms with Gasteiger partial charge in [-0.3, -0.25) is 19.6 Å². The zero-order chi connectivity index (χ0) is 19.7. The van der Waals surface area contributed by atoms with Crippen molar-refractivity contribution in [3.63, 3.8) is 0 Å². The van der Waals surface area contributed by atoms with Crippen LogP contribution in [0.15, 0.2) is 29.0 Å².